The smallest absolute Gasteiger partial charge is 0.278 e. The van der Waals surface area contributed by atoms with Gasteiger partial charge in [-0.3, -0.25) is 10.1 Å². The molecule has 0 spiro atoms. The molecule has 110 valence electrons. The van der Waals surface area contributed by atoms with Gasteiger partial charge in [-0.15, -0.1) is 0 Å². The lowest BCUT2D eigenvalue weighted by Gasteiger charge is -2.09. The second-order valence-electron chi connectivity index (χ2n) is 4.27. The molecule has 0 aliphatic carbocycles. The van der Waals surface area contributed by atoms with Gasteiger partial charge in [0.1, 0.15) is 11.6 Å². The van der Waals surface area contributed by atoms with Gasteiger partial charge >= 0.3 is 0 Å². The van der Waals surface area contributed by atoms with Crippen molar-refractivity contribution in [2.45, 2.75) is 13.3 Å². The second-order valence-corrected chi connectivity index (χ2v) is 4.67. The number of nitro groups is 1. The van der Waals surface area contributed by atoms with E-state index in [0.717, 1.165) is 6.42 Å². The van der Waals surface area contributed by atoms with Gasteiger partial charge in [0, 0.05) is 6.54 Å². The first-order valence-corrected chi connectivity index (χ1v) is 6.80. The fourth-order valence-corrected chi connectivity index (χ4v) is 1.81. The first-order chi connectivity index (χ1) is 10.1. The van der Waals surface area contributed by atoms with Crippen LogP contribution >= 0.6 is 11.6 Å². The molecule has 1 N–H and O–H groups in total. The number of halogens is 1. The quantitative estimate of drug-likeness (QED) is 0.637. The van der Waals surface area contributed by atoms with Crippen molar-refractivity contribution in [1.82, 2.24) is 4.98 Å². The van der Waals surface area contributed by atoms with Crippen LogP contribution < -0.4 is 10.1 Å². The number of para-hydroxylation sites is 1. The van der Waals surface area contributed by atoms with Crippen LogP contribution in [-0.4, -0.2) is 16.5 Å². The minimum atomic E-state index is -0.488. The van der Waals surface area contributed by atoms with Crippen molar-refractivity contribution in [1.29, 1.82) is 0 Å². The topological polar surface area (TPSA) is 77.3 Å². The Morgan fingerprint density at radius 2 is 2.14 bits per heavy atom. The molecule has 0 saturated heterocycles. The van der Waals surface area contributed by atoms with Crippen molar-refractivity contribution in [3.63, 3.8) is 0 Å². The van der Waals surface area contributed by atoms with Gasteiger partial charge in [0.25, 0.3) is 5.69 Å². The zero-order valence-corrected chi connectivity index (χ0v) is 12.1. The fourth-order valence-electron chi connectivity index (χ4n) is 1.63. The largest absolute Gasteiger partial charge is 0.437 e. The summed E-state index contributed by atoms with van der Waals surface area (Å²) in [6.07, 6.45) is 0.880. The van der Waals surface area contributed by atoms with E-state index in [9.17, 15) is 10.1 Å². The van der Waals surface area contributed by atoms with E-state index in [1.54, 1.807) is 24.3 Å². The maximum atomic E-state index is 11.0. The predicted molar refractivity (Wildman–Crippen MR) is 81.2 cm³/mol. The summed E-state index contributed by atoms with van der Waals surface area (Å²) in [7, 11) is 0. The third-order valence-electron chi connectivity index (χ3n) is 2.60. The van der Waals surface area contributed by atoms with Crippen molar-refractivity contribution >= 4 is 23.1 Å². The molecule has 0 aliphatic rings. The van der Waals surface area contributed by atoms with Crippen molar-refractivity contribution in [3.05, 3.63) is 51.5 Å². The van der Waals surface area contributed by atoms with E-state index < -0.39 is 4.92 Å². The maximum Gasteiger partial charge on any atom is 0.278 e. The fraction of sp³-hybridized carbons (Fsp3) is 0.214. The van der Waals surface area contributed by atoms with E-state index in [1.807, 2.05) is 6.92 Å². The molecule has 2 aromatic rings. The third kappa shape index (κ3) is 4.06. The molecule has 21 heavy (non-hydrogen) atoms. The van der Waals surface area contributed by atoms with Crippen molar-refractivity contribution in [2.75, 3.05) is 11.9 Å². The number of ether oxygens (including phenoxy) is 1. The molecule has 1 heterocycles. The summed E-state index contributed by atoms with van der Waals surface area (Å²) in [6, 6.07) is 9.50. The van der Waals surface area contributed by atoms with Crippen LogP contribution in [0.2, 0.25) is 5.02 Å². The van der Waals surface area contributed by atoms with Crippen molar-refractivity contribution < 1.29 is 9.66 Å². The standard InChI is InChI=1S/C14H14ClN3O3/c1-2-7-16-13-8-10(18(19)20)9-14(17-13)21-12-6-4-3-5-11(12)15/h3-6,8-9H,2,7H2,1H3,(H,16,17). The number of aromatic nitrogens is 1. The molecular weight excluding hydrogens is 294 g/mol. The van der Waals surface area contributed by atoms with E-state index in [4.69, 9.17) is 16.3 Å². The molecule has 0 saturated carbocycles. The Hall–Kier alpha value is -2.34. The minimum Gasteiger partial charge on any atom is -0.437 e. The number of nitrogens with one attached hydrogen (secondary N) is 1. The molecule has 6 nitrogen and oxygen atoms in total. The Bertz CT molecular complexity index is 649. The van der Waals surface area contributed by atoms with Crippen LogP contribution in [0.5, 0.6) is 11.6 Å². The SMILES string of the molecule is CCCNc1cc([N+](=O)[O-])cc(Oc2ccccc2Cl)n1. The Balaban J connectivity index is 2.31. The molecule has 0 aliphatic heterocycles. The Morgan fingerprint density at radius 3 is 2.81 bits per heavy atom. The average molecular weight is 308 g/mol. The summed E-state index contributed by atoms with van der Waals surface area (Å²) in [5, 5.41) is 14.4. The molecule has 7 heteroatoms. The number of nitrogens with zero attached hydrogens (tertiary/aromatic N) is 2. The average Bonchev–Trinajstić information content (AvgIpc) is 2.47. The van der Waals surface area contributed by atoms with Crippen LogP contribution in [0, 0.1) is 10.1 Å². The van der Waals surface area contributed by atoms with Gasteiger partial charge in [-0.2, -0.15) is 4.98 Å². The summed E-state index contributed by atoms with van der Waals surface area (Å²) in [5.41, 5.74) is -0.0920. The number of rotatable bonds is 6. The molecule has 2 rings (SSSR count). The normalized spacial score (nSPS) is 10.2. The molecule has 1 aromatic heterocycles. The molecule has 0 atom stereocenters. The Kier molecular flexibility index (Phi) is 4.94. The van der Waals surface area contributed by atoms with Crippen LogP contribution in [0.4, 0.5) is 11.5 Å². The molecule has 0 bridgehead atoms. The van der Waals surface area contributed by atoms with Crippen LogP contribution in [0.1, 0.15) is 13.3 Å². The Labute approximate surface area is 126 Å². The van der Waals surface area contributed by atoms with Gasteiger partial charge in [-0.05, 0) is 18.6 Å². The lowest BCUT2D eigenvalue weighted by atomic mass is 10.3. The zero-order valence-electron chi connectivity index (χ0n) is 11.4. The highest BCUT2D eigenvalue weighted by Crippen LogP contribution is 2.30. The van der Waals surface area contributed by atoms with E-state index in [0.29, 0.717) is 23.1 Å². The first-order valence-electron chi connectivity index (χ1n) is 6.43. The van der Waals surface area contributed by atoms with Crippen molar-refractivity contribution in [2.24, 2.45) is 0 Å². The van der Waals surface area contributed by atoms with E-state index in [1.165, 1.54) is 12.1 Å². The van der Waals surface area contributed by atoms with E-state index >= 15 is 0 Å². The van der Waals surface area contributed by atoms with Gasteiger partial charge < -0.3 is 10.1 Å². The summed E-state index contributed by atoms with van der Waals surface area (Å²) in [6.45, 7) is 2.66. The Morgan fingerprint density at radius 1 is 1.38 bits per heavy atom. The van der Waals surface area contributed by atoms with Crippen LogP contribution in [0.15, 0.2) is 36.4 Å². The van der Waals surface area contributed by atoms with Crippen molar-refractivity contribution in [3.8, 4) is 11.6 Å². The number of hydrogen-bond donors (Lipinski definition) is 1. The number of anilines is 1. The highest BCUT2D eigenvalue weighted by molar-refractivity contribution is 6.32. The monoisotopic (exact) mass is 307 g/mol. The highest BCUT2D eigenvalue weighted by Gasteiger charge is 2.13. The van der Waals surface area contributed by atoms with E-state index in [-0.39, 0.29) is 11.6 Å². The zero-order chi connectivity index (χ0) is 15.2. The molecule has 0 unspecified atom stereocenters. The van der Waals surface area contributed by atoms with Gasteiger partial charge in [-0.1, -0.05) is 30.7 Å². The van der Waals surface area contributed by atoms with Crippen LogP contribution in [0.25, 0.3) is 0 Å². The molecule has 0 fully saturated rings. The second kappa shape index (κ2) is 6.90. The minimum absolute atomic E-state index is 0.0920. The van der Waals surface area contributed by atoms with Crippen LogP contribution in [0.3, 0.4) is 0 Å². The summed E-state index contributed by atoms with van der Waals surface area (Å²) < 4.78 is 5.53. The molecule has 1 aromatic carbocycles. The van der Waals surface area contributed by atoms with Crippen LogP contribution in [-0.2, 0) is 0 Å². The number of benzene rings is 1. The molecule has 0 amide bonds. The lowest BCUT2D eigenvalue weighted by molar-refractivity contribution is -0.384. The predicted octanol–water partition coefficient (Wildman–Crippen LogP) is 4.26. The third-order valence-corrected chi connectivity index (χ3v) is 2.92. The van der Waals surface area contributed by atoms with E-state index in [2.05, 4.69) is 10.3 Å². The summed E-state index contributed by atoms with van der Waals surface area (Å²) in [5.74, 6) is 0.914. The highest BCUT2D eigenvalue weighted by atomic mass is 35.5. The molecule has 0 radical (unpaired) electrons. The van der Waals surface area contributed by atoms with Gasteiger partial charge in [-0.25, -0.2) is 0 Å². The molecular formula is C14H14ClN3O3. The van der Waals surface area contributed by atoms with Gasteiger partial charge in [0.05, 0.1) is 22.1 Å². The number of pyridine rings is 1. The van der Waals surface area contributed by atoms with Gasteiger partial charge in [0.15, 0.2) is 0 Å². The first kappa shape index (κ1) is 15.1. The number of hydrogen-bond acceptors (Lipinski definition) is 5. The lowest BCUT2D eigenvalue weighted by Crippen LogP contribution is -2.03. The summed E-state index contributed by atoms with van der Waals surface area (Å²) in [4.78, 5) is 14.7. The van der Waals surface area contributed by atoms with Gasteiger partial charge in [0.2, 0.25) is 5.88 Å². The maximum absolute atomic E-state index is 11.0. The summed E-state index contributed by atoms with van der Waals surface area (Å²) >= 11 is 6.00.